The van der Waals surface area contributed by atoms with E-state index in [4.69, 9.17) is 0 Å². The summed E-state index contributed by atoms with van der Waals surface area (Å²) in [6.45, 7) is 7.41. The third-order valence-corrected chi connectivity index (χ3v) is 5.07. The molecule has 1 N–H and O–H groups in total. The van der Waals surface area contributed by atoms with Gasteiger partial charge in [-0.3, -0.25) is 0 Å². The van der Waals surface area contributed by atoms with Gasteiger partial charge in [0.1, 0.15) is 0 Å². The molecule has 1 aliphatic carbocycles. The lowest BCUT2D eigenvalue weighted by atomic mass is 9.93. The zero-order valence-electron chi connectivity index (χ0n) is 12.5. The zero-order valence-corrected chi connectivity index (χ0v) is 12.5. The van der Waals surface area contributed by atoms with E-state index in [0.717, 1.165) is 18.0 Å². The van der Waals surface area contributed by atoms with Crippen LogP contribution in [0.15, 0.2) is 0 Å². The molecule has 0 aromatic carbocycles. The molecule has 3 heteroatoms. The Morgan fingerprint density at radius 2 is 1.89 bits per heavy atom. The van der Waals surface area contributed by atoms with Crippen molar-refractivity contribution < 1.29 is 0 Å². The highest BCUT2D eigenvalue weighted by atomic mass is 15.3. The minimum atomic E-state index is 0.720. The second kappa shape index (κ2) is 6.88. The minimum Gasteiger partial charge on any atom is -0.317 e. The van der Waals surface area contributed by atoms with Gasteiger partial charge in [-0.05, 0) is 39.8 Å². The number of hydrogen-bond donors (Lipinski definition) is 1. The molecule has 0 aromatic rings. The molecule has 2 rings (SSSR count). The molecule has 3 unspecified atom stereocenters. The maximum Gasteiger partial charge on any atom is 0.0192 e. The molecule has 0 amide bonds. The van der Waals surface area contributed by atoms with E-state index in [-0.39, 0.29) is 0 Å². The Morgan fingerprint density at radius 3 is 2.61 bits per heavy atom. The molecule has 2 aliphatic rings. The maximum absolute atomic E-state index is 3.57. The van der Waals surface area contributed by atoms with Gasteiger partial charge in [0.25, 0.3) is 0 Å². The van der Waals surface area contributed by atoms with E-state index in [1.807, 2.05) is 0 Å². The second-order valence-corrected chi connectivity index (χ2v) is 6.38. The van der Waals surface area contributed by atoms with Crippen molar-refractivity contribution in [2.75, 3.05) is 40.3 Å². The van der Waals surface area contributed by atoms with E-state index >= 15 is 0 Å². The van der Waals surface area contributed by atoms with Gasteiger partial charge in [-0.2, -0.15) is 0 Å². The monoisotopic (exact) mass is 253 g/mol. The lowest BCUT2D eigenvalue weighted by Crippen LogP contribution is -2.52. The SMILES string of the molecule is CNC1CCCCCC1CN1CCN(C)C(C)C1. The van der Waals surface area contributed by atoms with Gasteiger partial charge in [0.05, 0.1) is 0 Å². The van der Waals surface area contributed by atoms with E-state index in [0.29, 0.717) is 0 Å². The normalized spacial score (nSPS) is 36.5. The van der Waals surface area contributed by atoms with Gasteiger partial charge in [-0.25, -0.2) is 0 Å². The molecule has 0 bridgehead atoms. The molecular weight excluding hydrogens is 222 g/mol. The van der Waals surface area contributed by atoms with Crippen molar-refractivity contribution in [3.63, 3.8) is 0 Å². The first kappa shape index (κ1) is 14.3. The first-order valence-electron chi connectivity index (χ1n) is 7.80. The summed E-state index contributed by atoms with van der Waals surface area (Å²) in [5.74, 6) is 0.869. The van der Waals surface area contributed by atoms with E-state index in [1.165, 1.54) is 58.3 Å². The van der Waals surface area contributed by atoms with Crippen LogP contribution in [0.2, 0.25) is 0 Å². The Hall–Kier alpha value is -0.120. The molecule has 3 atom stereocenters. The summed E-state index contributed by atoms with van der Waals surface area (Å²) < 4.78 is 0. The lowest BCUT2D eigenvalue weighted by molar-refractivity contribution is 0.0848. The van der Waals surface area contributed by atoms with Crippen LogP contribution in [0, 0.1) is 5.92 Å². The highest BCUT2D eigenvalue weighted by molar-refractivity contribution is 4.84. The van der Waals surface area contributed by atoms with E-state index in [1.54, 1.807) is 0 Å². The second-order valence-electron chi connectivity index (χ2n) is 6.38. The summed E-state index contributed by atoms with van der Waals surface area (Å²) >= 11 is 0. The van der Waals surface area contributed by atoms with Crippen LogP contribution < -0.4 is 5.32 Å². The largest absolute Gasteiger partial charge is 0.317 e. The van der Waals surface area contributed by atoms with Crippen molar-refractivity contribution in [3.8, 4) is 0 Å². The Labute approximate surface area is 113 Å². The van der Waals surface area contributed by atoms with Gasteiger partial charge in [0, 0.05) is 38.3 Å². The van der Waals surface area contributed by atoms with Crippen molar-refractivity contribution in [2.45, 2.75) is 51.1 Å². The molecule has 18 heavy (non-hydrogen) atoms. The van der Waals surface area contributed by atoms with Crippen LogP contribution >= 0.6 is 0 Å². The van der Waals surface area contributed by atoms with Crippen molar-refractivity contribution in [1.82, 2.24) is 15.1 Å². The molecule has 0 spiro atoms. The van der Waals surface area contributed by atoms with Gasteiger partial charge in [0.2, 0.25) is 0 Å². The highest BCUT2D eigenvalue weighted by Crippen LogP contribution is 2.25. The predicted octanol–water partition coefficient (Wildman–Crippen LogP) is 1.79. The Morgan fingerprint density at radius 1 is 1.11 bits per heavy atom. The fourth-order valence-electron chi connectivity index (χ4n) is 3.60. The molecular formula is C15H31N3. The van der Waals surface area contributed by atoms with Crippen LogP contribution in [-0.2, 0) is 0 Å². The molecule has 3 nitrogen and oxygen atoms in total. The quantitative estimate of drug-likeness (QED) is 0.774. The number of piperazine rings is 1. The van der Waals surface area contributed by atoms with E-state index in [9.17, 15) is 0 Å². The van der Waals surface area contributed by atoms with Gasteiger partial charge >= 0.3 is 0 Å². The van der Waals surface area contributed by atoms with Gasteiger partial charge in [-0.15, -0.1) is 0 Å². The molecule has 0 aromatic heterocycles. The molecule has 1 aliphatic heterocycles. The minimum absolute atomic E-state index is 0.720. The Balaban J connectivity index is 1.86. The molecule has 106 valence electrons. The molecule has 1 saturated carbocycles. The summed E-state index contributed by atoms with van der Waals surface area (Å²) in [5.41, 5.74) is 0. The number of nitrogens with zero attached hydrogens (tertiary/aromatic N) is 2. The summed E-state index contributed by atoms with van der Waals surface area (Å²) in [6, 6.07) is 1.47. The average Bonchev–Trinajstić information content (AvgIpc) is 2.59. The van der Waals surface area contributed by atoms with Crippen LogP contribution in [0.5, 0.6) is 0 Å². The third-order valence-electron chi connectivity index (χ3n) is 5.07. The summed E-state index contributed by atoms with van der Waals surface area (Å²) in [5, 5.41) is 3.57. The first-order valence-corrected chi connectivity index (χ1v) is 7.80. The average molecular weight is 253 g/mol. The van der Waals surface area contributed by atoms with Gasteiger partial charge in [-0.1, -0.05) is 19.3 Å². The smallest absolute Gasteiger partial charge is 0.0192 e. The van der Waals surface area contributed by atoms with Crippen LogP contribution in [0.1, 0.15) is 39.0 Å². The van der Waals surface area contributed by atoms with Gasteiger partial charge in [0.15, 0.2) is 0 Å². The number of hydrogen-bond acceptors (Lipinski definition) is 3. The van der Waals surface area contributed by atoms with Crippen LogP contribution in [-0.4, -0.2) is 62.2 Å². The molecule has 0 radical (unpaired) electrons. The van der Waals surface area contributed by atoms with E-state index < -0.39 is 0 Å². The van der Waals surface area contributed by atoms with Crippen molar-refractivity contribution >= 4 is 0 Å². The van der Waals surface area contributed by atoms with Gasteiger partial charge < -0.3 is 15.1 Å². The number of nitrogens with one attached hydrogen (secondary N) is 1. The third kappa shape index (κ3) is 3.69. The Bertz CT molecular complexity index is 244. The topological polar surface area (TPSA) is 18.5 Å². The van der Waals surface area contributed by atoms with Crippen LogP contribution in [0.25, 0.3) is 0 Å². The fraction of sp³-hybridized carbons (Fsp3) is 1.00. The summed E-state index contributed by atoms with van der Waals surface area (Å²) in [4.78, 5) is 5.18. The van der Waals surface area contributed by atoms with Crippen LogP contribution in [0.4, 0.5) is 0 Å². The van der Waals surface area contributed by atoms with Crippen molar-refractivity contribution in [2.24, 2.45) is 5.92 Å². The zero-order chi connectivity index (χ0) is 13.0. The molecule has 1 saturated heterocycles. The highest BCUT2D eigenvalue weighted by Gasteiger charge is 2.27. The first-order chi connectivity index (χ1) is 8.70. The van der Waals surface area contributed by atoms with E-state index in [2.05, 4.69) is 36.1 Å². The molecule has 1 heterocycles. The predicted molar refractivity (Wildman–Crippen MR) is 78.0 cm³/mol. The van der Waals surface area contributed by atoms with Crippen molar-refractivity contribution in [3.05, 3.63) is 0 Å². The van der Waals surface area contributed by atoms with Crippen molar-refractivity contribution in [1.29, 1.82) is 0 Å². The molecule has 2 fully saturated rings. The maximum atomic E-state index is 3.57. The number of likely N-dealkylation sites (N-methyl/N-ethyl adjacent to an activating group) is 1. The summed E-state index contributed by atoms with van der Waals surface area (Å²) in [7, 11) is 4.40. The van der Waals surface area contributed by atoms with Crippen LogP contribution in [0.3, 0.4) is 0 Å². The standard InChI is InChI=1S/C15H31N3/c1-13-11-18(10-9-17(13)3)12-14-7-5-4-6-8-15(14)16-2/h13-16H,4-12H2,1-3H3. The summed E-state index contributed by atoms with van der Waals surface area (Å²) in [6.07, 6.45) is 7.10. The number of rotatable bonds is 3. The Kier molecular flexibility index (Phi) is 5.46. The lowest BCUT2D eigenvalue weighted by Gasteiger charge is -2.40. The fourth-order valence-corrected chi connectivity index (χ4v) is 3.60.